The number of rotatable bonds is 11. The van der Waals surface area contributed by atoms with E-state index in [1.54, 1.807) is 18.2 Å². The summed E-state index contributed by atoms with van der Waals surface area (Å²) in [6.45, 7) is 8.93. The van der Waals surface area contributed by atoms with Gasteiger partial charge in [-0.2, -0.15) is 0 Å². The predicted molar refractivity (Wildman–Crippen MR) is 122 cm³/mol. The van der Waals surface area contributed by atoms with E-state index in [0.29, 0.717) is 24.2 Å². The van der Waals surface area contributed by atoms with Crippen LogP contribution in [0.4, 0.5) is 0 Å². The number of benzene rings is 1. The number of para-hydroxylation sites is 1. The first kappa shape index (κ1) is 23.3. The van der Waals surface area contributed by atoms with E-state index in [2.05, 4.69) is 26.8 Å². The van der Waals surface area contributed by atoms with Crippen LogP contribution in [0.2, 0.25) is 0 Å². The standard InChI is InChI=1S/C25H32O5/c1-5-6-7-8-16-29-24-22(26)20-13-10-14-21(23(20)30-25(24)27)28-17-15-19(4)12-9-11-18(2)3/h6-7,10-11,13-15,26H,5,8-9,12,16-17H2,1-4H3/b7-6+,19-15+. The normalized spacial score (nSPS) is 11.8. The molecule has 0 aliphatic heterocycles. The van der Waals surface area contributed by atoms with Crippen molar-refractivity contribution < 1.29 is 19.0 Å². The lowest BCUT2D eigenvalue weighted by Gasteiger charge is -2.10. The van der Waals surface area contributed by atoms with E-state index in [1.807, 2.05) is 25.2 Å². The average Bonchev–Trinajstić information content (AvgIpc) is 2.70. The monoisotopic (exact) mass is 412 g/mol. The van der Waals surface area contributed by atoms with Crippen LogP contribution >= 0.6 is 0 Å². The van der Waals surface area contributed by atoms with Crippen LogP contribution in [0.5, 0.6) is 17.2 Å². The van der Waals surface area contributed by atoms with Gasteiger partial charge >= 0.3 is 5.63 Å². The molecule has 0 aliphatic carbocycles. The quantitative estimate of drug-likeness (QED) is 0.266. The highest BCUT2D eigenvalue weighted by Crippen LogP contribution is 2.35. The zero-order chi connectivity index (χ0) is 21.9. The molecule has 0 saturated heterocycles. The van der Waals surface area contributed by atoms with Gasteiger partial charge in [0.1, 0.15) is 6.61 Å². The molecule has 0 unspecified atom stereocenters. The SMILES string of the molecule is CC/C=C/CCOc1c(O)c2cccc(OC/C=C(\C)CCC=C(C)C)c2oc1=O. The lowest BCUT2D eigenvalue weighted by atomic mass is 10.1. The molecule has 0 atom stereocenters. The number of hydrogen-bond donors (Lipinski definition) is 1. The molecule has 2 rings (SSSR count). The summed E-state index contributed by atoms with van der Waals surface area (Å²) in [7, 11) is 0. The third kappa shape index (κ3) is 6.83. The van der Waals surface area contributed by atoms with Crippen molar-refractivity contribution in [1.29, 1.82) is 0 Å². The van der Waals surface area contributed by atoms with Crippen LogP contribution in [-0.4, -0.2) is 18.3 Å². The number of aromatic hydroxyl groups is 1. The first-order chi connectivity index (χ1) is 14.4. The molecule has 1 aromatic heterocycles. The summed E-state index contributed by atoms with van der Waals surface area (Å²) in [6, 6.07) is 5.13. The summed E-state index contributed by atoms with van der Waals surface area (Å²) in [5.74, 6) is 0.0184. The van der Waals surface area contributed by atoms with Crippen molar-refractivity contribution in [2.75, 3.05) is 13.2 Å². The van der Waals surface area contributed by atoms with Crippen LogP contribution in [0.25, 0.3) is 11.0 Å². The Morgan fingerprint density at radius 2 is 1.90 bits per heavy atom. The van der Waals surface area contributed by atoms with Crippen molar-refractivity contribution >= 4 is 11.0 Å². The van der Waals surface area contributed by atoms with Gasteiger partial charge in [-0.3, -0.25) is 0 Å². The number of allylic oxidation sites excluding steroid dienone is 4. The predicted octanol–water partition coefficient (Wildman–Crippen LogP) is 6.31. The Balaban J connectivity index is 2.12. The van der Waals surface area contributed by atoms with Crippen molar-refractivity contribution in [2.45, 2.75) is 53.4 Å². The van der Waals surface area contributed by atoms with Crippen LogP contribution in [0.15, 0.2) is 62.9 Å². The van der Waals surface area contributed by atoms with E-state index in [1.165, 1.54) is 11.1 Å². The molecule has 0 radical (unpaired) electrons. The fourth-order valence-corrected chi connectivity index (χ4v) is 2.88. The first-order valence-corrected chi connectivity index (χ1v) is 10.4. The summed E-state index contributed by atoms with van der Waals surface area (Å²) in [6.07, 6.45) is 11.8. The second-order valence-electron chi connectivity index (χ2n) is 7.40. The molecule has 0 saturated carbocycles. The number of fused-ring (bicyclic) bond motifs is 1. The average molecular weight is 413 g/mol. The fourth-order valence-electron chi connectivity index (χ4n) is 2.88. The molecular weight excluding hydrogens is 380 g/mol. The lowest BCUT2D eigenvalue weighted by molar-refractivity contribution is 0.288. The third-order valence-electron chi connectivity index (χ3n) is 4.52. The number of hydrogen-bond acceptors (Lipinski definition) is 5. The van der Waals surface area contributed by atoms with Gasteiger partial charge in [-0.05, 0) is 64.7 Å². The minimum Gasteiger partial charge on any atom is -0.504 e. The highest BCUT2D eigenvalue weighted by atomic mass is 16.5. The first-order valence-electron chi connectivity index (χ1n) is 10.4. The van der Waals surface area contributed by atoms with Gasteiger partial charge in [-0.25, -0.2) is 4.79 Å². The highest BCUT2D eigenvalue weighted by molar-refractivity contribution is 5.89. The Labute approximate surface area is 178 Å². The van der Waals surface area contributed by atoms with E-state index >= 15 is 0 Å². The van der Waals surface area contributed by atoms with Gasteiger partial charge < -0.3 is 19.0 Å². The van der Waals surface area contributed by atoms with Crippen LogP contribution < -0.4 is 15.1 Å². The van der Waals surface area contributed by atoms with E-state index in [-0.39, 0.29) is 23.7 Å². The molecule has 0 aliphatic rings. The lowest BCUT2D eigenvalue weighted by Crippen LogP contribution is -2.08. The third-order valence-corrected chi connectivity index (χ3v) is 4.52. The van der Waals surface area contributed by atoms with Crippen LogP contribution in [-0.2, 0) is 0 Å². The Kier molecular flexibility index (Phi) is 9.26. The van der Waals surface area contributed by atoms with Gasteiger partial charge in [0, 0.05) is 0 Å². The molecule has 0 bridgehead atoms. The molecule has 1 N–H and O–H groups in total. The van der Waals surface area contributed by atoms with Crippen molar-refractivity contribution in [1.82, 2.24) is 0 Å². The highest BCUT2D eigenvalue weighted by Gasteiger charge is 2.17. The zero-order valence-corrected chi connectivity index (χ0v) is 18.4. The van der Waals surface area contributed by atoms with Gasteiger partial charge in [0.2, 0.25) is 5.75 Å². The van der Waals surface area contributed by atoms with Gasteiger partial charge in [0.25, 0.3) is 0 Å². The molecule has 5 heteroatoms. The summed E-state index contributed by atoms with van der Waals surface area (Å²) < 4.78 is 16.7. The molecule has 0 fully saturated rings. The van der Waals surface area contributed by atoms with Crippen molar-refractivity contribution in [3.63, 3.8) is 0 Å². The maximum absolute atomic E-state index is 12.3. The van der Waals surface area contributed by atoms with Crippen LogP contribution in [0.1, 0.15) is 53.4 Å². The topological polar surface area (TPSA) is 68.9 Å². The minimum absolute atomic E-state index is 0.167. The van der Waals surface area contributed by atoms with E-state index in [0.717, 1.165) is 19.3 Å². The molecule has 2 aromatic rings. The zero-order valence-electron chi connectivity index (χ0n) is 18.4. The van der Waals surface area contributed by atoms with Crippen LogP contribution in [0, 0.1) is 0 Å². The molecule has 1 aromatic carbocycles. The Hall–Kier alpha value is -2.95. The van der Waals surface area contributed by atoms with E-state index in [9.17, 15) is 9.90 Å². The van der Waals surface area contributed by atoms with Gasteiger partial charge in [-0.1, -0.05) is 42.4 Å². The fraction of sp³-hybridized carbons (Fsp3) is 0.400. The summed E-state index contributed by atoms with van der Waals surface area (Å²) in [5.41, 5.74) is 2.04. The van der Waals surface area contributed by atoms with E-state index < -0.39 is 5.63 Å². The molecule has 0 amide bonds. The Bertz CT molecular complexity index is 975. The molecule has 5 nitrogen and oxygen atoms in total. The second kappa shape index (κ2) is 11.9. The minimum atomic E-state index is -0.719. The maximum Gasteiger partial charge on any atom is 0.383 e. The summed E-state index contributed by atoms with van der Waals surface area (Å²) >= 11 is 0. The van der Waals surface area contributed by atoms with Crippen molar-refractivity contribution in [3.05, 3.63) is 64.1 Å². The van der Waals surface area contributed by atoms with Gasteiger partial charge in [0.05, 0.1) is 12.0 Å². The molecule has 1 heterocycles. The maximum atomic E-state index is 12.3. The van der Waals surface area contributed by atoms with Crippen molar-refractivity contribution in [3.8, 4) is 17.2 Å². The molecule has 0 spiro atoms. The Morgan fingerprint density at radius 3 is 2.63 bits per heavy atom. The van der Waals surface area contributed by atoms with Gasteiger partial charge in [-0.15, -0.1) is 0 Å². The second-order valence-corrected chi connectivity index (χ2v) is 7.40. The number of ether oxygens (including phenoxy) is 2. The smallest absolute Gasteiger partial charge is 0.383 e. The molecule has 30 heavy (non-hydrogen) atoms. The summed E-state index contributed by atoms with van der Waals surface area (Å²) in [5, 5.41) is 10.9. The molecular formula is C25H32O5. The largest absolute Gasteiger partial charge is 0.504 e. The van der Waals surface area contributed by atoms with Crippen LogP contribution in [0.3, 0.4) is 0 Å². The van der Waals surface area contributed by atoms with E-state index in [4.69, 9.17) is 13.9 Å². The Morgan fingerprint density at radius 1 is 1.10 bits per heavy atom. The summed E-state index contributed by atoms with van der Waals surface area (Å²) in [4.78, 5) is 12.3. The van der Waals surface area contributed by atoms with Crippen molar-refractivity contribution in [2.24, 2.45) is 0 Å². The molecule has 162 valence electrons. The van der Waals surface area contributed by atoms with Gasteiger partial charge in [0.15, 0.2) is 17.1 Å².